The average molecular weight is 1250 g/mol. The highest BCUT2D eigenvalue weighted by atomic mass is 15.0. The highest BCUT2D eigenvalue weighted by Crippen LogP contribution is 2.45. The fraction of sp³-hybridized carbons (Fsp3) is 0. The zero-order chi connectivity index (χ0) is 64.4. The van der Waals surface area contributed by atoms with E-state index in [1.165, 1.54) is 175 Å². The third-order valence-electron chi connectivity index (χ3n) is 20.6. The lowest BCUT2D eigenvalue weighted by atomic mass is 9.98. The van der Waals surface area contributed by atoms with E-state index in [0.29, 0.717) is 0 Å². The van der Waals surface area contributed by atoms with E-state index in [1.54, 1.807) is 0 Å². The first-order valence-corrected chi connectivity index (χ1v) is 33.8. The van der Waals surface area contributed by atoms with Gasteiger partial charge in [-0.15, -0.1) is 0 Å². The Bertz CT molecular complexity index is 6770. The fourth-order valence-corrected chi connectivity index (χ4v) is 16.0. The van der Waals surface area contributed by atoms with Crippen molar-refractivity contribution in [2.75, 3.05) is 0 Å². The Morgan fingerprint density at radius 1 is 0.133 bits per heavy atom. The normalized spacial score (nSPS) is 11.9. The first kappa shape index (κ1) is 55.4. The van der Waals surface area contributed by atoms with Gasteiger partial charge in [0.2, 0.25) is 0 Å². The highest BCUT2D eigenvalue weighted by Gasteiger charge is 2.23. The van der Waals surface area contributed by atoms with Crippen LogP contribution in [0.1, 0.15) is 0 Å². The maximum absolute atomic E-state index is 2.43. The first-order chi connectivity index (χ1) is 48.6. The highest BCUT2D eigenvalue weighted by molar-refractivity contribution is 6.30. The lowest BCUT2D eigenvalue weighted by Crippen LogP contribution is -1.95. The molecular formula is C94H60N4. The molecular weight excluding hydrogens is 1190 g/mol. The summed E-state index contributed by atoms with van der Waals surface area (Å²) >= 11 is 0. The predicted molar refractivity (Wildman–Crippen MR) is 417 cm³/mol. The summed E-state index contributed by atoms with van der Waals surface area (Å²) in [4.78, 5) is 0. The molecule has 4 heteroatoms. The summed E-state index contributed by atoms with van der Waals surface area (Å²) in [5.74, 6) is 0. The zero-order valence-electron chi connectivity index (χ0n) is 53.4. The number of hydrogen-bond acceptors (Lipinski definition) is 0. The van der Waals surface area contributed by atoms with E-state index >= 15 is 0 Å². The summed E-state index contributed by atoms with van der Waals surface area (Å²) in [5.41, 5.74) is 21.7. The Morgan fingerprint density at radius 3 is 0.663 bits per heavy atom. The summed E-state index contributed by atoms with van der Waals surface area (Å²) in [6.07, 6.45) is 0. The molecule has 21 rings (SSSR count). The largest absolute Gasteiger partial charge is 0.309 e. The van der Waals surface area contributed by atoms with E-state index in [4.69, 9.17) is 0 Å². The number of rotatable bonds is 7. The van der Waals surface area contributed by atoms with Crippen LogP contribution in [-0.2, 0) is 0 Å². The van der Waals surface area contributed by atoms with E-state index in [1.807, 2.05) is 0 Å². The molecule has 0 atom stereocenters. The maximum atomic E-state index is 2.43. The molecule has 21 aromatic rings. The van der Waals surface area contributed by atoms with Gasteiger partial charge in [0, 0.05) is 65.8 Å². The van der Waals surface area contributed by atoms with Crippen molar-refractivity contribution < 1.29 is 0 Å². The second-order valence-corrected chi connectivity index (χ2v) is 26.0. The summed E-state index contributed by atoms with van der Waals surface area (Å²) in [7, 11) is 0. The summed E-state index contributed by atoms with van der Waals surface area (Å²) in [5, 5.41) is 20.3. The molecule has 0 aliphatic rings. The molecule has 4 heterocycles. The molecule has 4 nitrogen and oxygen atoms in total. The van der Waals surface area contributed by atoms with Crippen molar-refractivity contribution in [3.05, 3.63) is 364 Å². The molecule has 0 spiro atoms. The molecule has 0 aliphatic heterocycles. The number of nitrogens with zero attached hydrogens (tertiary/aromatic N) is 4. The number of benzene rings is 17. The number of para-hydroxylation sites is 4. The van der Waals surface area contributed by atoms with Gasteiger partial charge in [0.05, 0.1) is 44.1 Å². The molecule has 0 radical (unpaired) electrons. The van der Waals surface area contributed by atoms with E-state index in [-0.39, 0.29) is 0 Å². The van der Waals surface area contributed by atoms with Crippen molar-refractivity contribution >= 4 is 130 Å². The molecule has 0 unspecified atom stereocenters. The van der Waals surface area contributed by atoms with Crippen LogP contribution < -0.4 is 0 Å². The molecule has 0 aliphatic carbocycles. The van der Waals surface area contributed by atoms with Crippen molar-refractivity contribution in [3.8, 4) is 56.1 Å². The molecule has 0 N–H and O–H groups in total. The number of fused-ring (bicyclic) bond motifs is 18. The van der Waals surface area contributed by atoms with Gasteiger partial charge in [-0.05, 0) is 186 Å². The Labute approximate surface area is 565 Å². The van der Waals surface area contributed by atoms with Crippen LogP contribution in [0.3, 0.4) is 0 Å². The minimum atomic E-state index is 1.15. The molecule has 17 aromatic carbocycles. The van der Waals surface area contributed by atoms with Crippen LogP contribution in [0, 0.1) is 0 Å². The second-order valence-electron chi connectivity index (χ2n) is 26.0. The van der Waals surface area contributed by atoms with Crippen LogP contribution in [0.15, 0.2) is 364 Å². The lowest BCUT2D eigenvalue weighted by Gasteiger charge is -2.11. The van der Waals surface area contributed by atoms with Crippen LogP contribution in [0.5, 0.6) is 0 Å². The van der Waals surface area contributed by atoms with E-state index in [9.17, 15) is 0 Å². The SMILES string of the molecule is c1ccc2cc(-c3ccc(-c4ccc(-n5c6ccccc6c6c7c8ccccc8n(-c8ccc9ccccc9c8)c7ccc65)cc4)cc3)ccc2c1.c1ccc2cc(-c3ccc(-n4c5ccccc5c5c6c7ccccc7n(-c7ccc8ccccc8c7)c6ccc54)cc3)ccc2c1. The van der Waals surface area contributed by atoms with Crippen LogP contribution in [-0.4, -0.2) is 18.3 Å². The van der Waals surface area contributed by atoms with Gasteiger partial charge < -0.3 is 18.3 Å². The van der Waals surface area contributed by atoms with Gasteiger partial charge in [0.25, 0.3) is 0 Å². The van der Waals surface area contributed by atoms with Crippen molar-refractivity contribution in [1.82, 2.24) is 18.3 Å². The maximum Gasteiger partial charge on any atom is 0.0548 e. The van der Waals surface area contributed by atoms with Gasteiger partial charge >= 0.3 is 0 Å². The summed E-state index contributed by atoms with van der Waals surface area (Å²) in [6, 6.07) is 133. The standard InChI is InChI=1S/C50H32N2.C44H28N2/c1-3-11-38-31-40(22-21-33(38)9-1)37-19-17-35(18-20-37)36-23-26-41(27-24-36)51-45-15-7-5-13-43(45)49-47(51)29-30-48-50(49)44-14-6-8-16-46(44)52(48)42-28-25-34-10-2-4-12-39(34)32-42;1-3-11-32-27-34(18-17-29(32)9-1)31-19-22-35(23-20-31)45-39-15-7-5-13-37(39)43-41(45)25-26-42-44(43)38-14-6-8-16-40(38)46(42)36-24-21-30-10-2-4-12-33(30)28-36/h1-32H;1-28H. The van der Waals surface area contributed by atoms with Crippen molar-refractivity contribution in [2.24, 2.45) is 0 Å². The van der Waals surface area contributed by atoms with Crippen LogP contribution >= 0.6 is 0 Å². The minimum Gasteiger partial charge on any atom is -0.309 e. The summed E-state index contributed by atoms with van der Waals surface area (Å²) in [6.45, 7) is 0. The Kier molecular flexibility index (Phi) is 12.6. The number of aromatic nitrogens is 4. The molecule has 0 saturated carbocycles. The van der Waals surface area contributed by atoms with Gasteiger partial charge in [0.15, 0.2) is 0 Å². The second kappa shape index (κ2) is 22.3. The Balaban J connectivity index is 0.000000134. The smallest absolute Gasteiger partial charge is 0.0548 e. The average Bonchev–Trinajstić information content (AvgIpc) is 1.56. The van der Waals surface area contributed by atoms with Crippen LogP contribution in [0.25, 0.3) is 186 Å². The van der Waals surface area contributed by atoms with Crippen molar-refractivity contribution in [3.63, 3.8) is 0 Å². The van der Waals surface area contributed by atoms with E-state index in [2.05, 4.69) is 382 Å². The van der Waals surface area contributed by atoms with Gasteiger partial charge in [-0.2, -0.15) is 0 Å². The zero-order valence-corrected chi connectivity index (χ0v) is 53.4. The fourth-order valence-electron chi connectivity index (χ4n) is 16.0. The Hall–Kier alpha value is -13.0. The van der Waals surface area contributed by atoms with Gasteiger partial charge in [-0.25, -0.2) is 0 Å². The first-order valence-electron chi connectivity index (χ1n) is 33.8. The molecule has 4 aromatic heterocycles. The van der Waals surface area contributed by atoms with Crippen molar-refractivity contribution in [2.45, 2.75) is 0 Å². The minimum absolute atomic E-state index is 1.15. The lowest BCUT2D eigenvalue weighted by molar-refractivity contribution is 1.17. The summed E-state index contributed by atoms with van der Waals surface area (Å²) < 4.78 is 9.72. The molecule has 0 fully saturated rings. The predicted octanol–water partition coefficient (Wildman–Crippen LogP) is 25.4. The van der Waals surface area contributed by atoms with Gasteiger partial charge in [0.1, 0.15) is 0 Å². The van der Waals surface area contributed by atoms with Crippen molar-refractivity contribution in [1.29, 1.82) is 0 Å². The number of hydrogen-bond donors (Lipinski definition) is 0. The molecule has 0 amide bonds. The molecule has 0 bridgehead atoms. The molecule has 456 valence electrons. The topological polar surface area (TPSA) is 19.7 Å². The van der Waals surface area contributed by atoms with Crippen LogP contribution in [0.4, 0.5) is 0 Å². The monoisotopic (exact) mass is 1240 g/mol. The van der Waals surface area contributed by atoms with Crippen LogP contribution in [0.2, 0.25) is 0 Å². The van der Waals surface area contributed by atoms with Gasteiger partial charge in [-0.1, -0.05) is 255 Å². The van der Waals surface area contributed by atoms with E-state index < -0.39 is 0 Å². The molecule has 98 heavy (non-hydrogen) atoms. The quantitative estimate of drug-likeness (QED) is 0.152. The molecule has 0 saturated heterocycles. The van der Waals surface area contributed by atoms with Gasteiger partial charge in [-0.3, -0.25) is 0 Å². The van der Waals surface area contributed by atoms with E-state index in [0.717, 1.165) is 11.4 Å². The Morgan fingerprint density at radius 2 is 0.347 bits per heavy atom. The third kappa shape index (κ3) is 8.85. The third-order valence-corrected chi connectivity index (χ3v) is 20.6.